The Balaban J connectivity index is 1.75. The summed E-state index contributed by atoms with van der Waals surface area (Å²) in [5.74, 6) is -0.293. The topological polar surface area (TPSA) is 104 Å². The highest BCUT2D eigenvalue weighted by Gasteiger charge is 2.28. The Morgan fingerprint density at radius 1 is 1.30 bits per heavy atom. The van der Waals surface area contributed by atoms with Crippen LogP contribution in [0.2, 0.25) is 0 Å². The zero-order chi connectivity index (χ0) is 16.2. The van der Waals surface area contributed by atoms with Crippen LogP contribution in [0.3, 0.4) is 0 Å². The largest absolute Gasteiger partial charge is 0.334 e. The van der Waals surface area contributed by atoms with Gasteiger partial charge in [0.05, 0.1) is 0 Å². The Kier molecular flexibility index (Phi) is 4.40. The van der Waals surface area contributed by atoms with Crippen LogP contribution < -0.4 is 11.2 Å². The van der Waals surface area contributed by atoms with Gasteiger partial charge < -0.3 is 9.88 Å². The first-order valence-corrected chi connectivity index (χ1v) is 7.75. The van der Waals surface area contributed by atoms with Gasteiger partial charge in [-0.25, -0.2) is 4.79 Å². The van der Waals surface area contributed by atoms with Crippen LogP contribution in [0.15, 0.2) is 34.1 Å². The molecule has 2 aromatic rings. The Labute approximate surface area is 132 Å². The normalized spacial score (nSPS) is 18.1. The monoisotopic (exact) mass is 317 g/mol. The van der Waals surface area contributed by atoms with Crippen LogP contribution >= 0.6 is 0 Å². The minimum Gasteiger partial charge on any atom is -0.334 e. The summed E-state index contributed by atoms with van der Waals surface area (Å²) >= 11 is 0. The van der Waals surface area contributed by atoms with Gasteiger partial charge in [0, 0.05) is 37.6 Å². The molecule has 23 heavy (non-hydrogen) atoms. The minimum absolute atomic E-state index is 0.0461. The van der Waals surface area contributed by atoms with Gasteiger partial charge in [-0.1, -0.05) is 0 Å². The lowest BCUT2D eigenvalue weighted by Crippen LogP contribution is -2.45. The summed E-state index contributed by atoms with van der Waals surface area (Å²) in [4.78, 5) is 41.7. The number of hydrogen-bond donors (Lipinski definition) is 2. The molecule has 0 saturated carbocycles. The van der Waals surface area contributed by atoms with E-state index in [1.54, 1.807) is 11.1 Å². The van der Waals surface area contributed by atoms with E-state index in [4.69, 9.17) is 0 Å². The van der Waals surface area contributed by atoms with Gasteiger partial charge in [0.2, 0.25) is 0 Å². The Morgan fingerprint density at radius 2 is 2.17 bits per heavy atom. The number of aromatic nitrogens is 4. The van der Waals surface area contributed by atoms with Crippen molar-refractivity contribution in [1.29, 1.82) is 0 Å². The summed E-state index contributed by atoms with van der Waals surface area (Å²) in [6, 6.07) is 3.09. The quantitative estimate of drug-likeness (QED) is 0.848. The fourth-order valence-corrected chi connectivity index (χ4v) is 3.02. The van der Waals surface area contributed by atoms with E-state index in [2.05, 4.69) is 15.1 Å². The molecule has 8 heteroatoms. The molecule has 122 valence electrons. The van der Waals surface area contributed by atoms with E-state index in [1.165, 1.54) is 0 Å². The van der Waals surface area contributed by atoms with Gasteiger partial charge in [0.1, 0.15) is 5.69 Å². The second kappa shape index (κ2) is 6.64. The van der Waals surface area contributed by atoms with Crippen LogP contribution in [0.25, 0.3) is 0 Å². The fourth-order valence-electron chi connectivity index (χ4n) is 3.02. The third-order valence-electron chi connectivity index (χ3n) is 4.13. The number of amides is 1. The number of hydrogen-bond acceptors (Lipinski definition) is 4. The first-order valence-electron chi connectivity index (χ1n) is 7.75. The van der Waals surface area contributed by atoms with Gasteiger partial charge in [-0.05, 0) is 31.7 Å². The number of aromatic amines is 2. The zero-order valence-corrected chi connectivity index (χ0v) is 12.7. The van der Waals surface area contributed by atoms with Crippen molar-refractivity contribution in [1.82, 2.24) is 24.6 Å². The highest BCUT2D eigenvalue weighted by Crippen LogP contribution is 2.21. The molecule has 0 bridgehead atoms. The van der Waals surface area contributed by atoms with E-state index >= 15 is 0 Å². The fraction of sp³-hybridized carbons (Fsp3) is 0.467. The van der Waals surface area contributed by atoms with Gasteiger partial charge in [0.25, 0.3) is 11.5 Å². The Morgan fingerprint density at radius 3 is 2.91 bits per heavy atom. The molecule has 3 rings (SSSR count). The van der Waals surface area contributed by atoms with E-state index in [0.29, 0.717) is 6.54 Å². The lowest BCUT2D eigenvalue weighted by Gasteiger charge is -2.35. The van der Waals surface area contributed by atoms with Gasteiger partial charge in [-0.2, -0.15) is 5.10 Å². The number of nitrogens with zero attached hydrogens (tertiary/aromatic N) is 3. The predicted octanol–water partition coefficient (Wildman–Crippen LogP) is 0.345. The number of carbonyl (C=O) groups excluding carboxylic acids is 1. The van der Waals surface area contributed by atoms with E-state index in [0.717, 1.165) is 38.3 Å². The molecule has 8 nitrogen and oxygen atoms in total. The third-order valence-corrected chi connectivity index (χ3v) is 4.13. The highest BCUT2D eigenvalue weighted by molar-refractivity contribution is 5.92. The van der Waals surface area contributed by atoms with Crippen molar-refractivity contribution < 1.29 is 4.79 Å². The Bertz CT molecular complexity index is 749. The molecular weight excluding hydrogens is 298 g/mol. The van der Waals surface area contributed by atoms with Crippen molar-refractivity contribution in [3.05, 3.63) is 51.1 Å². The molecule has 2 aromatic heterocycles. The summed E-state index contributed by atoms with van der Waals surface area (Å²) < 4.78 is 1.84. The molecule has 1 aliphatic heterocycles. The van der Waals surface area contributed by atoms with E-state index in [9.17, 15) is 14.4 Å². The lowest BCUT2D eigenvalue weighted by atomic mass is 9.99. The van der Waals surface area contributed by atoms with Crippen molar-refractivity contribution in [3.63, 3.8) is 0 Å². The maximum Gasteiger partial charge on any atom is 0.326 e. The van der Waals surface area contributed by atoms with Crippen molar-refractivity contribution in [2.24, 2.45) is 0 Å². The molecule has 0 aromatic carbocycles. The number of piperidine rings is 1. The molecule has 2 N–H and O–H groups in total. The van der Waals surface area contributed by atoms with Crippen molar-refractivity contribution in [3.8, 4) is 0 Å². The van der Waals surface area contributed by atoms with E-state index in [1.807, 2.05) is 16.9 Å². The third kappa shape index (κ3) is 3.58. The van der Waals surface area contributed by atoms with Crippen molar-refractivity contribution in [2.75, 3.05) is 6.54 Å². The Hall–Kier alpha value is -2.64. The van der Waals surface area contributed by atoms with Crippen LogP contribution in [0, 0.1) is 0 Å². The lowest BCUT2D eigenvalue weighted by molar-refractivity contribution is 0.0587. The molecule has 0 aliphatic carbocycles. The summed E-state index contributed by atoms with van der Waals surface area (Å²) in [7, 11) is 0. The summed E-state index contributed by atoms with van der Waals surface area (Å²) in [5.41, 5.74) is -1.18. The van der Waals surface area contributed by atoms with Crippen LogP contribution in [0.1, 0.15) is 36.2 Å². The predicted molar refractivity (Wildman–Crippen MR) is 83.2 cm³/mol. The second-order valence-corrected chi connectivity index (χ2v) is 5.71. The number of carbonyl (C=O) groups is 1. The summed E-state index contributed by atoms with van der Waals surface area (Å²) in [6.45, 7) is 1.37. The molecule has 0 spiro atoms. The SMILES string of the molecule is O=C(c1cc(=O)[nH]c(=O)[nH]1)N1CCCCC1CCn1cccn1. The van der Waals surface area contributed by atoms with Gasteiger partial charge in [0.15, 0.2) is 0 Å². The molecule has 1 fully saturated rings. The van der Waals surface area contributed by atoms with Crippen LogP contribution in [-0.4, -0.2) is 43.1 Å². The standard InChI is InChI=1S/C15H19N5O3/c21-13-10-12(17-15(23)18-13)14(22)20-8-2-1-4-11(20)5-9-19-7-3-6-16-19/h3,6-7,10-11H,1-2,4-5,8-9H2,(H2,17,18,21,23). The smallest absolute Gasteiger partial charge is 0.326 e. The summed E-state index contributed by atoms with van der Waals surface area (Å²) in [6.07, 6.45) is 7.33. The maximum atomic E-state index is 12.7. The zero-order valence-electron chi connectivity index (χ0n) is 12.7. The van der Waals surface area contributed by atoms with E-state index < -0.39 is 11.2 Å². The van der Waals surface area contributed by atoms with Crippen LogP contribution in [0.5, 0.6) is 0 Å². The molecule has 1 aliphatic rings. The van der Waals surface area contributed by atoms with Gasteiger partial charge in [-0.3, -0.25) is 19.3 Å². The first-order chi connectivity index (χ1) is 11.1. The van der Waals surface area contributed by atoms with Crippen molar-refractivity contribution >= 4 is 5.91 Å². The molecule has 1 unspecified atom stereocenters. The second-order valence-electron chi connectivity index (χ2n) is 5.71. The van der Waals surface area contributed by atoms with Crippen LogP contribution in [0.4, 0.5) is 0 Å². The average molecular weight is 317 g/mol. The van der Waals surface area contributed by atoms with E-state index in [-0.39, 0.29) is 17.6 Å². The highest BCUT2D eigenvalue weighted by atomic mass is 16.2. The molecule has 1 atom stereocenters. The van der Waals surface area contributed by atoms with Gasteiger partial charge in [-0.15, -0.1) is 0 Å². The number of H-pyrrole nitrogens is 2. The maximum absolute atomic E-state index is 12.7. The van der Waals surface area contributed by atoms with Crippen LogP contribution in [-0.2, 0) is 6.54 Å². The number of nitrogens with one attached hydrogen (secondary N) is 2. The molecular formula is C15H19N5O3. The number of rotatable bonds is 4. The molecule has 0 radical (unpaired) electrons. The minimum atomic E-state index is -0.661. The number of likely N-dealkylation sites (tertiary alicyclic amines) is 1. The molecule has 1 amide bonds. The average Bonchev–Trinajstić information content (AvgIpc) is 3.05. The van der Waals surface area contributed by atoms with Gasteiger partial charge >= 0.3 is 5.69 Å². The first kappa shape index (κ1) is 15.3. The van der Waals surface area contributed by atoms with Crippen molar-refractivity contribution in [2.45, 2.75) is 38.3 Å². The molecule has 1 saturated heterocycles. The summed E-state index contributed by atoms with van der Waals surface area (Å²) in [5, 5.41) is 4.17. The number of aryl methyl sites for hydroxylation is 1. The molecule has 3 heterocycles.